The van der Waals surface area contributed by atoms with E-state index in [1.165, 1.54) is 25.7 Å². The van der Waals surface area contributed by atoms with Crippen LogP contribution in [0.3, 0.4) is 0 Å². The van der Waals surface area contributed by atoms with Crippen molar-refractivity contribution in [3.63, 3.8) is 0 Å². The summed E-state index contributed by atoms with van der Waals surface area (Å²) < 4.78 is 7.75. The second kappa shape index (κ2) is 10.4. The number of carbonyl (C=O) groups is 1. The Bertz CT molecular complexity index is 1230. The van der Waals surface area contributed by atoms with Crippen LogP contribution in [0.15, 0.2) is 79.0 Å². The van der Waals surface area contributed by atoms with Crippen LogP contribution in [0.2, 0.25) is 0 Å². The second-order valence-electron chi connectivity index (χ2n) is 8.62. The van der Waals surface area contributed by atoms with E-state index < -0.39 is 0 Å². The first-order chi connectivity index (χ1) is 16.7. The van der Waals surface area contributed by atoms with Gasteiger partial charge in [-0.25, -0.2) is 4.79 Å². The molecule has 0 unspecified atom stereocenters. The fraction of sp³-hybridized carbons (Fsp3) is 0.259. The Morgan fingerprint density at radius 1 is 0.912 bits per heavy atom. The molecule has 1 aromatic heterocycles. The van der Waals surface area contributed by atoms with Gasteiger partial charge in [0.1, 0.15) is 11.5 Å². The molecular formula is C27H29N5O2. The molecule has 1 fully saturated rings. The predicted octanol–water partition coefficient (Wildman–Crippen LogP) is 6.00. The Hall–Kier alpha value is -3.84. The Kier molecular flexibility index (Phi) is 6.72. The SMILES string of the molecule is O=C(Nc1ccc(Oc2ccccc2)cc1)Nc1ccc2nn(CCNC3CCCC3)cc2c1. The zero-order valence-corrected chi connectivity index (χ0v) is 19.0. The summed E-state index contributed by atoms with van der Waals surface area (Å²) in [7, 11) is 0. The normalized spacial score (nSPS) is 13.8. The average molecular weight is 456 g/mol. The summed E-state index contributed by atoms with van der Waals surface area (Å²) in [6.07, 6.45) is 7.26. The summed E-state index contributed by atoms with van der Waals surface area (Å²) in [6.45, 7) is 1.75. The summed E-state index contributed by atoms with van der Waals surface area (Å²) >= 11 is 0. The minimum absolute atomic E-state index is 0.302. The van der Waals surface area contributed by atoms with Crippen molar-refractivity contribution in [2.75, 3.05) is 17.2 Å². The number of para-hydroxylation sites is 1. The van der Waals surface area contributed by atoms with E-state index in [0.717, 1.165) is 35.4 Å². The van der Waals surface area contributed by atoms with Gasteiger partial charge in [0.05, 0.1) is 12.1 Å². The quantitative estimate of drug-likeness (QED) is 0.304. The smallest absolute Gasteiger partial charge is 0.323 e. The standard InChI is InChI=1S/C27H29N5O2/c33-27(29-22-10-13-25(14-11-22)34-24-8-2-1-3-9-24)30-23-12-15-26-20(18-23)19-32(31-26)17-16-28-21-6-4-5-7-21/h1-3,8-15,18-19,21,28H,4-7,16-17H2,(H2,29,30,33). The first-order valence-corrected chi connectivity index (χ1v) is 11.8. The highest BCUT2D eigenvalue weighted by atomic mass is 16.5. The van der Waals surface area contributed by atoms with E-state index in [4.69, 9.17) is 4.74 Å². The van der Waals surface area contributed by atoms with Crippen LogP contribution in [0.4, 0.5) is 16.2 Å². The highest BCUT2D eigenvalue weighted by molar-refractivity contribution is 6.00. The molecule has 3 N–H and O–H groups in total. The molecule has 4 aromatic rings. The Labute approximate surface area is 199 Å². The van der Waals surface area contributed by atoms with Crippen molar-refractivity contribution in [2.45, 2.75) is 38.3 Å². The topological polar surface area (TPSA) is 80.2 Å². The molecule has 0 atom stereocenters. The van der Waals surface area contributed by atoms with Gasteiger partial charge in [0.2, 0.25) is 0 Å². The van der Waals surface area contributed by atoms with E-state index in [0.29, 0.717) is 17.5 Å². The maximum Gasteiger partial charge on any atom is 0.323 e. The maximum absolute atomic E-state index is 12.5. The molecule has 1 aliphatic carbocycles. The third-order valence-electron chi connectivity index (χ3n) is 6.03. The summed E-state index contributed by atoms with van der Waals surface area (Å²) in [5.41, 5.74) is 2.32. The Morgan fingerprint density at radius 2 is 1.62 bits per heavy atom. The van der Waals surface area contributed by atoms with E-state index in [-0.39, 0.29) is 6.03 Å². The minimum Gasteiger partial charge on any atom is -0.457 e. The Balaban J connectivity index is 1.14. The number of carbonyl (C=O) groups excluding carboxylic acids is 1. The molecule has 0 aliphatic heterocycles. The van der Waals surface area contributed by atoms with Crippen molar-refractivity contribution in [1.29, 1.82) is 0 Å². The largest absolute Gasteiger partial charge is 0.457 e. The fourth-order valence-electron chi connectivity index (χ4n) is 4.31. The number of aromatic nitrogens is 2. The number of nitrogens with one attached hydrogen (secondary N) is 3. The third kappa shape index (κ3) is 5.74. The summed E-state index contributed by atoms with van der Waals surface area (Å²) in [5.74, 6) is 1.47. The van der Waals surface area contributed by atoms with Gasteiger partial charge < -0.3 is 20.7 Å². The van der Waals surface area contributed by atoms with Crippen molar-refractivity contribution in [2.24, 2.45) is 0 Å². The van der Waals surface area contributed by atoms with Crippen LogP contribution in [-0.4, -0.2) is 28.4 Å². The number of fused-ring (bicyclic) bond motifs is 1. The van der Waals surface area contributed by atoms with Gasteiger partial charge in [-0.05, 0) is 67.4 Å². The number of amides is 2. The zero-order valence-electron chi connectivity index (χ0n) is 19.0. The molecule has 0 spiro atoms. The van der Waals surface area contributed by atoms with Crippen molar-refractivity contribution in [3.05, 3.63) is 79.0 Å². The van der Waals surface area contributed by atoms with Crippen molar-refractivity contribution >= 4 is 28.3 Å². The van der Waals surface area contributed by atoms with Crippen LogP contribution in [-0.2, 0) is 6.54 Å². The summed E-state index contributed by atoms with van der Waals surface area (Å²) in [5, 5.41) is 15.0. The van der Waals surface area contributed by atoms with Crippen LogP contribution < -0.4 is 20.7 Å². The maximum atomic E-state index is 12.5. The molecule has 3 aromatic carbocycles. The number of ether oxygens (including phenoxy) is 1. The molecular weight excluding hydrogens is 426 g/mol. The molecule has 7 nitrogen and oxygen atoms in total. The van der Waals surface area contributed by atoms with Crippen LogP contribution in [0.25, 0.3) is 10.9 Å². The molecule has 1 saturated carbocycles. The van der Waals surface area contributed by atoms with Gasteiger partial charge >= 0.3 is 6.03 Å². The fourth-order valence-corrected chi connectivity index (χ4v) is 4.31. The predicted molar refractivity (Wildman–Crippen MR) is 136 cm³/mol. The second-order valence-corrected chi connectivity index (χ2v) is 8.62. The monoisotopic (exact) mass is 455 g/mol. The lowest BCUT2D eigenvalue weighted by molar-refractivity contribution is 0.262. The van der Waals surface area contributed by atoms with E-state index in [1.54, 1.807) is 0 Å². The molecule has 174 valence electrons. The first-order valence-electron chi connectivity index (χ1n) is 11.8. The summed E-state index contributed by atoms with van der Waals surface area (Å²) in [4.78, 5) is 12.5. The molecule has 34 heavy (non-hydrogen) atoms. The van der Waals surface area contributed by atoms with Gasteiger partial charge in [0.25, 0.3) is 0 Å². The van der Waals surface area contributed by atoms with Crippen LogP contribution in [0, 0.1) is 0 Å². The van der Waals surface area contributed by atoms with Gasteiger partial charge in [0.15, 0.2) is 0 Å². The third-order valence-corrected chi connectivity index (χ3v) is 6.03. The van der Waals surface area contributed by atoms with Crippen molar-refractivity contribution in [3.8, 4) is 11.5 Å². The molecule has 2 amide bonds. The first kappa shape index (κ1) is 22.0. The van der Waals surface area contributed by atoms with E-state index in [2.05, 4.69) is 21.0 Å². The number of nitrogens with zero attached hydrogens (tertiary/aromatic N) is 2. The summed E-state index contributed by atoms with van der Waals surface area (Å²) in [6, 6.07) is 23.0. The van der Waals surface area contributed by atoms with E-state index in [9.17, 15) is 4.79 Å². The number of rotatable bonds is 8. The van der Waals surface area contributed by atoms with Gasteiger partial charge in [-0.1, -0.05) is 31.0 Å². The molecule has 7 heteroatoms. The molecule has 0 radical (unpaired) electrons. The number of anilines is 2. The van der Waals surface area contributed by atoms with Crippen LogP contribution in [0.5, 0.6) is 11.5 Å². The molecule has 5 rings (SSSR count). The van der Waals surface area contributed by atoms with Crippen molar-refractivity contribution < 1.29 is 9.53 Å². The molecule has 0 saturated heterocycles. The van der Waals surface area contributed by atoms with E-state index >= 15 is 0 Å². The van der Waals surface area contributed by atoms with Crippen molar-refractivity contribution in [1.82, 2.24) is 15.1 Å². The van der Waals surface area contributed by atoms with Crippen LogP contribution in [0.1, 0.15) is 25.7 Å². The number of hydrogen-bond acceptors (Lipinski definition) is 4. The molecule has 1 aliphatic rings. The molecule has 0 bridgehead atoms. The Morgan fingerprint density at radius 3 is 2.41 bits per heavy atom. The lowest BCUT2D eigenvalue weighted by atomic mass is 10.2. The van der Waals surface area contributed by atoms with Gasteiger partial charge in [0, 0.05) is 35.5 Å². The number of benzene rings is 3. The minimum atomic E-state index is -0.302. The highest BCUT2D eigenvalue weighted by Gasteiger charge is 2.13. The van der Waals surface area contributed by atoms with Gasteiger partial charge in [-0.2, -0.15) is 5.10 Å². The molecule has 1 heterocycles. The lowest BCUT2D eigenvalue weighted by Crippen LogP contribution is -2.29. The number of urea groups is 1. The zero-order chi connectivity index (χ0) is 23.2. The van der Waals surface area contributed by atoms with Gasteiger partial charge in [-0.3, -0.25) is 4.68 Å². The van der Waals surface area contributed by atoms with Gasteiger partial charge in [-0.15, -0.1) is 0 Å². The number of hydrogen-bond donors (Lipinski definition) is 3. The van der Waals surface area contributed by atoms with Crippen LogP contribution >= 0.6 is 0 Å². The average Bonchev–Trinajstić information content (AvgIpc) is 3.50. The lowest BCUT2D eigenvalue weighted by Gasteiger charge is -2.11. The highest BCUT2D eigenvalue weighted by Crippen LogP contribution is 2.23. The van der Waals surface area contributed by atoms with E-state index in [1.807, 2.05) is 83.7 Å².